The van der Waals surface area contributed by atoms with Gasteiger partial charge in [0.25, 0.3) is 11.8 Å². The monoisotopic (exact) mass is 805 g/mol. The lowest BCUT2D eigenvalue weighted by molar-refractivity contribution is -0.137. The van der Waals surface area contributed by atoms with Crippen molar-refractivity contribution in [1.82, 2.24) is 15.0 Å². The summed E-state index contributed by atoms with van der Waals surface area (Å²) >= 11 is 0. The number of aromatic nitrogens is 3. The number of carbonyl (C=O) groups is 2. The molecule has 7 aromatic rings. The third-order valence-corrected chi connectivity index (χ3v) is 10.0. The molecule has 0 unspecified atom stereocenters. The van der Waals surface area contributed by atoms with Gasteiger partial charge in [0, 0.05) is 46.1 Å². The van der Waals surface area contributed by atoms with Crippen molar-refractivity contribution in [2.45, 2.75) is 72.4 Å². The molecule has 0 aliphatic heterocycles. The predicted octanol–water partition coefficient (Wildman–Crippen LogP) is 10.4. The average Bonchev–Trinajstić information content (AvgIpc) is 3.65. The first-order chi connectivity index (χ1) is 27.9. The summed E-state index contributed by atoms with van der Waals surface area (Å²) in [6, 6.07) is 20.2. The van der Waals surface area contributed by atoms with Crippen LogP contribution in [0.25, 0.3) is 32.7 Å². The van der Waals surface area contributed by atoms with Crippen LogP contribution < -0.4 is 26.2 Å². The van der Waals surface area contributed by atoms with Crippen LogP contribution in [0.15, 0.2) is 101 Å². The Morgan fingerprint density at radius 1 is 0.729 bits per heavy atom. The van der Waals surface area contributed by atoms with E-state index in [1.165, 1.54) is 24.5 Å². The molecular formula is C46H46F3N5O5. The SMILES string of the molecule is CCOc1ccc2[nH]cc(C(=O)Nc3cc4[nH]ccc4cc3C(C)(C)C)c(=O)c2c1.CCc1cccc2c(=O)c(C(=O)Nc3ccc(C(C)C)cc3C(F)(F)F)c[nH]c12. The Hall–Kier alpha value is -6.63. The van der Waals surface area contributed by atoms with E-state index in [-0.39, 0.29) is 33.6 Å². The zero-order chi connectivity index (χ0) is 42.8. The van der Waals surface area contributed by atoms with Crippen LogP contribution in [0.4, 0.5) is 24.5 Å². The van der Waals surface area contributed by atoms with Crippen LogP contribution in [0.2, 0.25) is 0 Å². The second-order valence-corrected chi connectivity index (χ2v) is 15.5. The zero-order valence-electron chi connectivity index (χ0n) is 33.8. The third-order valence-electron chi connectivity index (χ3n) is 10.0. The van der Waals surface area contributed by atoms with E-state index in [0.717, 1.165) is 28.1 Å². The number of benzene rings is 4. The van der Waals surface area contributed by atoms with E-state index in [9.17, 15) is 32.3 Å². The van der Waals surface area contributed by atoms with Crippen LogP contribution in [0.3, 0.4) is 0 Å². The van der Waals surface area contributed by atoms with E-state index in [2.05, 4.69) is 52.4 Å². The smallest absolute Gasteiger partial charge is 0.418 e. The molecule has 0 saturated carbocycles. The Morgan fingerprint density at radius 2 is 1.41 bits per heavy atom. The van der Waals surface area contributed by atoms with Crippen molar-refractivity contribution in [1.29, 1.82) is 0 Å². The van der Waals surface area contributed by atoms with Gasteiger partial charge in [-0.1, -0.05) is 59.7 Å². The molecule has 2 amide bonds. The van der Waals surface area contributed by atoms with Gasteiger partial charge >= 0.3 is 6.18 Å². The normalized spacial score (nSPS) is 11.8. The Balaban J connectivity index is 0.000000199. The number of carbonyl (C=O) groups excluding carboxylic acids is 2. The van der Waals surface area contributed by atoms with E-state index < -0.39 is 29.0 Å². The number of alkyl halides is 3. The van der Waals surface area contributed by atoms with E-state index in [1.807, 2.05) is 38.2 Å². The summed E-state index contributed by atoms with van der Waals surface area (Å²) in [7, 11) is 0. The van der Waals surface area contributed by atoms with Gasteiger partial charge in [-0.25, -0.2) is 0 Å². The molecule has 0 spiro atoms. The molecular weight excluding hydrogens is 760 g/mol. The van der Waals surface area contributed by atoms with Gasteiger partial charge in [-0.15, -0.1) is 0 Å². The first kappa shape index (κ1) is 42.0. The molecule has 0 radical (unpaired) electrons. The summed E-state index contributed by atoms with van der Waals surface area (Å²) in [6.45, 7) is 14.2. The topological polar surface area (TPSA) is 149 Å². The maximum atomic E-state index is 13.5. The van der Waals surface area contributed by atoms with Gasteiger partial charge in [0.05, 0.1) is 23.4 Å². The first-order valence-corrected chi connectivity index (χ1v) is 19.3. The average molecular weight is 806 g/mol. The molecule has 59 heavy (non-hydrogen) atoms. The molecule has 306 valence electrons. The summed E-state index contributed by atoms with van der Waals surface area (Å²) < 4.78 is 46.0. The standard InChI is InChI=1S/C24H25N3O3.C22H21F3N2O2/c1-5-30-15-6-7-19-16(11-15)22(28)17(13-26-19)23(29)27-21-12-20-14(8-9-25-20)10-18(21)24(2,3)4;1-4-13-6-5-7-15-19(13)26-11-16(20(15)28)21(29)27-18-9-8-14(12(2)3)10-17(18)22(23,24)25/h6-13,25H,5H2,1-4H3,(H,26,28)(H,27,29);5-12H,4H2,1-3H3,(H,26,28)(H,27,29). The highest BCUT2D eigenvalue weighted by molar-refractivity contribution is 6.07. The molecule has 3 aromatic heterocycles. The minimum Gasteiger partial charge on any atom is -0.494 e. The number of amides is 2. The number of fused-ring (bicyclic) bond motifs is 3. The zero-order valence-corrected chi connectivity index (χ0v) is 33.8. The van der Waals surface area contributed by atoms with E-state index in [4.69, 9.17) is 4.74 Å². The van der Waals surface area contributed by atoms with Crippen molar-refractivity contribution in [3.63, 3.8) is 0 Å². The molecule has 7 rings (SSSR count). The number of aryl methyl sites for hydroxylation is 1. The Kier molecular flexibility index (Phi) is 11.9. The number of hydrogen-bond donors (Lipinski definition) is 5. The molecule has 0 saturated heterocycles. The minimum atomic E-state index is -4.64. The number of pyridine rings is 2. The molecule has 13 heteroatoms. The largest absolute Gasteiger partial charge is 0.494 e. The number of H-pyrrole nitrogens is 3. The van der Waals surface area contributed by atoms with Crippen molar-refractivity contribution >= 4 is 55.9 Å². The number of ether oxygens (including phenoxy) is 1. The maximum absolute atomic E-state index is 13.5. The van der Waals surface area contributed by atoms with Gasteiger partial charge in [0.2, 0.25) is 10.9 Å². The molecule has 0 atom stereocenters. The lowest BCUT2D eigenvalue weighted by Crippen LogP contribution is -2.24. The minimum absolute atomic E-state index is 0.0580. The van der Waals surface area contributed by atoms with Crippen molar-refractivity contribution in [2.24, 2.45) is 0 Å². The van der Waals surface area contributed by atoms with Crippen molar-refractivity contribution in [2.75, 3.05) is 17.2 Å². The quantitative estimate of drug-likeness (QED) is 0.104. The van der Waals surface area contributed by atoms with Gasteiger partial charge in [-0.3, -0.25) is 19.2 Å². The second kappa shape index (κ2) is 16.7. The fourth-order valence-electron chi connectivity index (χ4n) is 6.87. The lowest BCUT2D eigenvalue weighted by Gasteiger charge is -2.23. The number of para-hydroxylation sites is 1. The number of hydrogen-bond acceptors (Lipinski definition) is 5. The molecule has 5 N–H and O–H groups in total. The summed E-state index contributed by atoms with van der Waals surface area (Å²) in [5.41, 5.74) is 2.75. The Morgan fingerprint density at radius 3 is 2.05 bits per heavy atom. The van der Waals surface area contributed by atoms with Gasteiger partial charge in [-0.2, -0.15) is 13.2 Å². The maximum Gasteiger partial charge on any atom is 0.418 e. The number of anilines is 2. The second-order valence-electron chi connectivity index (χ2n) is 15.5. The summed E-state index contributed by atoms with van der Waals surface area (Å²) in [5.74, 6) is -0.841. The van der Waals surface area contributed by atoms with Crippen molar-refractivity contribution in [3.05, 3.63) is 145 Å². The first-order valence-electron chi connectivity index (χ1n) is 19.3. The fraction of sp³-hybridized carbons (Fsp3) is 0.261. The Bertz CT molecular complexity index is 2830. The van der Waals surface area contributed by atoms with E-state index in [1.54, 1.807) is 44.2 Å². The molecule has 0 bridgehead atoms. The Labute approximate surface area is 338 Å². The lowest BCUT2D eigenvalue weighted by atomic mass is 9.85. The van der Waals surface area contributed by atoms with Gasteiger partial charge in [0.1, 0.15) is 16.9 Å². The molecule has 3 heterocycles. The van der Waals surface area contributed by atoms with Crippen LogP contribution in [0.1, 0.15) is 97.4 Å². The van der Waals surface area contributed by atoms with Gasteiger partial charge in [-0.05, 0) is 101 Å². The summed E-state index contributed by atoms with van der Waals surface area (Å²) in [5, 5.41) is 7.02. The van der Waals surface area contributed by atoms with Gasteiger partial charge < -0.3 is 30.3 Å². The van der Waals surface area contributed by atoms with Gasteiger partial charge in [0.15, 0.2) is 0 Å². The summed E-state index contributed by atoms with van der Waals surface area (Å²) in [6.07, 6.45) is 0.626. The molecule has 10 nitrogen and oxygen atoms in total. The van der Waals surface area contributed by atoms with E-state index in [0.29, 0.717) is 51.8 Å². The van der Waals surface area contributed by atoms with Crippen molar-refractivity contribution in [3.8, 4) is 5.75 Å². The number of halogens is 3. The molecule has 0 aliphatic rings. The highest BCUT2D eigenvalue weighted by Gasteiger charge is 2.35. The van der Waals surface area contributed by atoms with Crippen LogP contribution in [0, 0.1) is 0 Å². The number of nitrogens with one attached hydrogen (secondary N) is 5. The highest BCUT2D eigenvalue weighted by Crippen LogP contribution is 2.37. The molecule has 0 aliphatic carbocycles. The summed E-state index contributed by atoms with van der Waals surface area (Å²) in [4.78, 5) is 60.6. The van der Waals surface area contributed by atoms with Crippen LogP contribution in [-0.4, -0.2) is 33.4 Å². The highest BCUT2D eigenvalue weighted by atomic mass is 19.4. The van der Waals surface area contributed by atoms with Crippen LogP contribution in [-0.2, 0) is 18.0 Å². The fourth-order valence-corrected chi connectivity index (χ4v) is 6.87. The third kappa shape index (κ3) is 8.94. The van der Waals surface area contributed by atoms with Crippen molar-refractivity contribution < 1.29 is 27.5 Å². The van der Waals surface area contributed by atoms with Crippen LogP contribution in [0.5, 0.6) is 5.75 Å². The van der Waals surface area contributed by atoms with Crippen LogP contribution >= 0.6 is 0 Å². The molecule has 0 fully saturated rings. The van der Waals surface area contributed by atoms with E-state index >= 15 is 0 Å². The predicted molar refractivity (Wildman–Crippen MR) is 228 cm³/mol. The number of rotatable bonds is 8. The number of aromatic amines is 3. The molecule has 4 aromatic carbocycles.